The van der Waals surface area contributed by atoms with Crippen LogP contribution in [0.4, 0.5) is 0 Å². The number of Topliss-reactive ketones (excluding diaryl/α,β-unsaturated/α-hetero) is 1. The number of aliphatic hydroxyl groups is 2. The molecule has 2 N–H and O–H groups in total. The van der Waals surface area contributed by atoms with Gasteiger partial charge in [-0.3, -0.25) is 4.79 Å². The summed E-state index contributed by atoms with van der Waals surface area (Å²) in [5.41, 5.74) is 0. The lowest BCUT2D eigenvalue weighted by molar-refractivity contribution is -0.207. The molecular weight excluding hydrogens is 136 g/mol. The highest BCUT2D eigenvalue weighted by molar-refractivity contribution is 5.84. The topological polar surface area (TPSA) is 66.8 Å². The minimum Gasteiger partial charge on any atom is -0.380 e. The van der Waals surface area contributed by atoms with E-state index >= 15 is 0 Å². The summed E-state index contributed by atoms with van der Waals surface area (Å²) in [4.78, 5) is 10.9. The molecule has 4 heteroatoms. The van der Waals surface area contributed by atoms with Crippen LogP contribution >= 0.6 is 0 Å². The zero-order valence-corrected chi connectivity index (χ0v) is 5.61. The Morgan fingerprint density at radius 3 is 3.20 bits per heavy atom. The lowest BCUT2D eigenvalue weighted by Crippen LogP contribution is -2.44. The number of carbonyl (C=O) groups excluding carboxylic acids is 1. The Bertz CT molecular complexity index is 161. The van der Waals surface area contributed by atoms with Crippen molar-refractivity contribution < 1.29 is 19.7 Å². The first-order valence-electron chi connectivity index (χ1n) is 3.54. The van der Waals surface area contributed by atoms with Crippen LogP contribution in [-0.4, -0.2) is 35.9 Å². The summed E-state index contributed by atoms with van der Waals surface area (Å²) in [7, 11) is 0. The number of carbonyl (C=O) groups is 1. The van der Waals surface area contributed by atoms with Gasteiger partial charge in [0.05, 0.1) is 6.10 Å². The fraction of sp³-hybridized carbons (Fsp3) is 0.833. The van der Waals surface area contributed by atoms with Crippen LogP contribution in [0.1, 0.15) is 13.3 Å². The molecule has 4 nitrogen and oxygen atoms in total. The fourth-order valence-corrected chi connectivity index (χ4v) is 0.907. The van der Waals surface area contributed by atoms with E-state index in [0.717, 1.165) is 0 Å². The van der Waals surface area contributed by atoms with Gasteiger partial charge >= 0.3 is 0 Å². The number of ketones is 1. The lowest BCUT2D eigenvalue weighted by Gasteiger charge is -2.26. The largest absolute Gasteiger partial charge is 0.380 e. The van der Waals surface area contributed by atoms with E-state index in [-0.39, 0.29) is 18.3 Å². The Morgan fingerprint density at radius 1 is 1.90 bits per heavy atom. The molecule has 1 aliphatic heterocycles. The molecule has 0 amide bonds. The maximum absolute atomic E-state index is 10.9. The van der Waals surface area contributed by atoms with E-state index < -0.39 is 12.4 Å². The number of hydrogen-bond donors (Lipinski definition) is 2. The summed E-state index contributed by atoms with van der Waals surface area (Å²) < 4.78 is 11.4. The van der Waals surface area contributed by atoms with Crippen LogP contribution < -0.4 is 0 Å². The molecule has 0 bridgehead atoms. The SMILES string of the molecule is [3H]OC1OC(C)CC(=O)C1O. The van der Waals surface area contributed by atoms with Crippen molar-refractivity contribution in [3.05, 3.63) is 0 Å². The fourth-order valence-electron chi connectivity index (χ4n) is 0.907. The second-order valence-electron chi connectivity index (χ2n) is 2.43. The van der Waals surface area contributed by atoms with Gasteiger partial charge in [0, 0.05) is 6.42 Å². The number of rotatable bonds is 1. The molecule has 58 valence electrons. The minimum atomic E-state index is -1.30. The summed E-state index contributed by atoms with van der Waals surface area (Å²) >= 11 is 0. The summed E-state index contributed by atoms with van der Waals surface area (Å²) in [5.74, 6) is -0.332. The van der Waals surface area contributed by atoms with Gasteiger partial charge in [0.15, 0.2) is 18.2 Å². The van der Waals surface area contributed by atoms with Crippen LogP contribution in [0.5, 0.6) is 0 Å². The molecule has 0 aliphatic carbocycles. The number of aliphatic hydroxyl groups excluding tert-OH is 2. The average molecular weight is 148 g/mol. The molecule has 0 aromatic rings. The van der Waals surface area contributed by atoms with E-state index in [2.05, 4.69) is 5.11 Å². The van der Waals surface area contributed by atoms with Crippen LogP contribution in [0.2, 0.25) is 0 Å². The van der Waals surface area contributed by atoms with E-state index in [9.17, 15) is 4.79 Å². The Morgan fingerprint density at radius 2 is 2.60 bits per heavy atom. The molecule has 0 aromatic heterocycles. The molecule has 1 rings (SSSR count). The van der Waals surface area contributed by atoms with Crippen LogP contribution in [-0.2, 0) is 9.53 Å². The molecule has 0 aromatic carbocycles. The van der Waals surface area contributed by atoms with Crippen LogP contribution in [0.25, 0.3) is 0 Å². The first-order valence-corrected chi connectivity index (χ1v) is 3.13. The van der Waals surface area contributed by atoms with Gasteiger partial charge in [-0.15, -0.1) is 0 Å². The molecule has 0 spiro atoms. The summed E-state index contributed by atoms with van der Waals surface area (Å²) in [6.45, 7) is 1.69. The Balaban J connectivity index is 2.58. The summed E-state index contributed by atoms with van der Waals surface area (Å²) in [6.07, 6.45) is -2.52. The summed E-state index contributed by atoms with van der Waals surface area (Å²) in [5, 5.41) is 13.0. The second-order valence-corrected chi connectivity index (χ2v) is 2.43. The predicted octanol–water partition coefficient (Wildman–Crippen LogP) is -0.956. The van der Waals surface area contributed by atoms with Crippen molar-refractivity contribution in [1.29, 1.82) is 1.43 Å². The van der Waals surface area contributed by atoms with E-state index in [4.69, 9.17) is 11.3 Å². The van der Waals surface area contributed by atoms with E-state index in [0.29, 0.717) is 0 Å². The first-order chi connectivity index (χ1) is 5.15. The zero-order chi connectivity index (χ0) is 8.43. The number of ether oxygens (including phenoxy) is 1. The average Bonchev–Trinajstić information content (AvgIpc) is 1.96. The highest BCUT2D eigenvalue weighted by Gasteiger charge is 2.32. The van der Waals surface area contributed by atoms with Gasteiger partial charge in [-0.05, 0) is 6.92 Å². The molecule has 3 unspecified atom stereocenters. The predicted molar refractivity (Wildman–Crippen MR) is 32.2 cm³/mol. The van der Waals surface area contributed by atoms with Crippen LogP contribution in [0, 0.1) is 0 Å². The second kappa shape index (κ2) is 2.65. The molecule has 0 saturated carbocycles. The monoisotopic (exact) mass is 148 g/mol. The third-order valence-corrected chi connectivity index (χ3v) is 1.44. The highest BCUT2D eigenvalue weighted by Crippen LogP contribution is 2.13. The minimum absolute atomic E-state index is 0.182. The quantitative estimate of drug-likeness (QED) is 0.502. The van der Waals surface area contributed by atoms with Gasteiger partial charge in [-0.25, -0.2) is 0 Å². The third-order valence-electron chi connectivity index (χ3n) is 1.44. The smallest absolute Gasteiger partial charge is 0.213 e. The van der Waals surface area contributed by atoms with Gasteiger partial charge in [-0.1, -0.05) is 0 Å². The third kappa shape index (κ3) is 1.34. The number of hydrogen-bond acceptors (Lipinski definition) is 4. The van der Waals surface area contributed by atoms with E-state index in [1.807, 2.05) is 0 Å². The molecule has 0 radical (unpaired) electrons. The Labute approximate surface area is 59.9 Å². The summed E-state index contributed by atoms with van der Waals surface area (Å²) in [6, 6.07) is 0. The molecular formula is C6H10O4. The van der Waals surface area contributed by atoms with Crippen LogP contribution in [0.3, 0.4) is 0 Å². The van der Waals surface area contributed by atoms with Gasteiger partial charge in [0.1, 0.15) is 0 Å². The van der Waals surface area contributed by atoms with Crippen molar-refractivity contribution >= 4 is 5.78 Å². The Kier molecular flexibility index (Phi) is 1.66. The van der Waals surface area contributed by atoms with Crippen molar-refractivity contribution in [3.63, 3.8) is 0 Å². The normalized spacial score (nSPS) is 43.2. The molecule has 1 heterocycles. The zero-order valence-electron chi connectivity index (χ0n) is 6.61. The van der Waals surface area contributed by atoms with Crippen LogP contribution in [0.15, 0.2) is 0 Å². The van der Waals surface area contributed by atoms with E-state index in [1.54, 1.807) is 6.92 Å². The standard InChI is InChI=1S/C6H10O4/c1-3-2-4(7)5(8)6(9)10-3/h3,5-6,8-9H,2H2,1H3/i9T. The van der Waals surface area contributed by atoms with Gasteiger partial charge in [-0.2, -0.15) is 0 Å². The highest BCUT2D eigenvalue weighted by atomic mass is 16.6. The van der Waals surface area contributed by atoms with Gasteiger partial charge < -0.3 is 15.0 Å². The maximum Gasteiger partial charge on any atom is 0.213 e. The van der Waals surface area contributed by atoms with Crippen molar-refractivity contribution in [2.45, 2.75) is 31.8 Å². The molecule has 10 heavy (non-hydrogen) atoms. The molecule has 3 atom stereocenters. The first kappa shape index (κ1) is 6.27. The van der Waals surface area contributed by atoms with Gasteiger partial charge in [0.25, 0.3) is 0 Å². The molecule has 1 fully saturated rings. The lowest BCUT2D eigenvalue weighted by atomic mass is 10.1. The maximum atomic E-state index is 10.9. The van der Waals surface area contributed by atoms with Crippen molar-refractivity contribution in [2.24, 2.45) is 0 Å². The van der Waals surface area contributed by atoms with Crippen molar-refractivity contribution in [1.82, 2.24) is 0 Å². The van der Waals surface area contributed by atoms with Gasteiger partial charge in [0.2, 0.25) is 1.43 Å². The molecule has 1 saturated heterocycles. The Hall–Kier alpha value is -0.450. The molecule has 1 aliphatic rings. The van der Waals surface area contributed by atoms with Crippen molar-refractivity contribution in [3.8, 4) is 0 Å². The van der Waals surface area contributed by atoms with Crippen molar-refractivity contribution in [2.75, 3.05) is 0 Å². The van der Waals surface area contributed by atoms with E-state index in [1.165, 1.54) is 0 Å².